The summed E-state index contributed by atoms with van der Waals surface area (Å²) in [6.45, 7) is 6.27. The zero-order valence-electron chi connectivity index (χ0n) is 7.71. The Hall–Kier alpha value is -0.570. The molecule has 0 aromatic carbocycles. The minimum absolute atomic E-state index is 0.391. The van der Waals surface area contributed by atoms with Crippen molar-refractivity contribution in [2.24, 2.45) is 10.9 Å². The summed E-state index contributed by atoms with van der Waals surface area (Å²) in [6, 6.07) is 0.816. The highest BCUT2D eigenvalue weighted by Gasteiger charge is 2.30. The van der Waals surface area contributed by atoms with Gasteiger partial charge in [0.05, 0.1) is 12.1 Å². The molecule has 0 bridgehead atoms. The summed E-state index contributed by atoms with van der Waals surface area (Å²) in [6.07, 6.45) is 1.18. The summed E-state index contributed by atoms with van der Waals surface area (Å²) in [7, 11) is 0. The van der Waals surface area contributed by atoms with Crippen molar-refractivity contribution >= 4 is 5.90 Å². The monoisotopic (exact) mass is 168 g/mol. The Balaban J connectivity index is 1.95. The molecule has 2 heterocycles. The Kier molecular flexibility index (Phi) is 2.05. The molecule has 68 valence electrons. The van der Waals surface area contributed by atoms with Crippen LogP contribution in [0.1, 0.15) is 20.3 Å². The molecule has 0 radical (unpaired) electrons. The number of ether oxygens (including phenoxy) is 1. The summed E-state index contributed by atoms with van der Waals surface area (Å²) in [5.41, 5.74) is 0. The van der Waals surface area contributed by atoms with E-state index in [2.05, 4.69) is 24.2 Å². The Morgan fingerprint density at radius 3 is 2.75 bits per heavy atom. The highest BCUT2D eigenvalue weighted by atomic mass is 16.5. The molecule has 3 heteroatoms. The molecule has 2 atom stereocenters. The average Bonchev–Trinajstić information content (AvgIpc) is 2.32. The van der Waals surface area contributed by atoms with Crippen molar-refractivity contribution < 1.29 is 4.74 Å². The summed E-state index contributed by atoms with van der Waals surface area (Å²) < 4.78 is 5.52. The first-order valence-corrected chi connectivity index (χ1v) is 4.71. The lowest BCUT2D eigenvalue weighted by Gasteiger charge is -2.26. The minimum Gasteiger partial charge on any atom is -0.478 e. The third-order valence-corrected chi connectivity index (χ3v) is 2.59. The van der Waals surface area contributed by atoms with Gasteiger partial charge in [-0.3, -0.25) is 0 Å². The smallest absolute Gasteiger partial charge is 0.201 e. The molecule has 0 aromatic heterocycles. The van der Waals surface area contributed by atoms with Gasteiger partial charge in [0.25, 0.3) is 0 Å². The molecule has 0 aromatic rings. The molecule has 2 aliphatic rings. The van der Waals surface area contributed by atoms with Crippen molar-refractivity contribution in [2.45, 2.75) is 32.4 Å². The summed E-state index contributed by atoms with van der Waals surface area (Å²) >= 11 is 0. The maximum atomic E-state index is 5.52. The Morgan fingerprint density at radius 2 is 2.33 bits per heavy atom. The average molecular weight is 168 g/mol. The molecular formula is C9H16N2O. The minimum atomic E-state index is 0.391. The van der Waals surface area contributed by atoms with E-state index in [4.69, 9.17) is 4.74 Å². The van der Waals surface area contributed by atoms with Crippen LogP contribution in [0, 0.1) is 5.92 Å². The summed E-state index contributed by atoms with van der Waals surface area (Å²) in [5, 5.41) is 3.29. The molecule has 2 aliphatic heterocycles. The first-order valence-electron chi connectivity index (χ1n) is 4.71. The van der Waals surface area contributed by atoms with Gasteiger partial charge in [0.15, 0.2) is 0 Å². The maximum Gasteiger partial charge on any atom is 0.201 e. The van der Waals surface area contributed by atoms with Gasteiger partial charge in [-0.1, -0.05) is 13.8 Å². The van der Waals surface area contributed by atoms with E-state index in [9.17, 15) is 0 Å². The van der Waals surface area contributed by atoms with Gasteiger partial charge >= 0.3 is 0 Å². The number of hydrogen-bond donors (Lipinski definition) is 1. The van der Waals surface area contributed by atoms with Crippen LogP contribution < -0.4 is 5.32 Å². The normalized spacial score (nSPS) is 34.4. The Bertz CT molecular complexity index is 197. The molecule has 1 fully saturated rings. The van der Waals surface area contributed by atoms with Crippen molar-refractivity contribution in [2.75, 3.05) is 13.2 Å². The lowest BCUT2D eigenvalue weighted by atomic mass is 10.1. The third kappa shape index (κ3) is 1.33. The number of rotatable bonds is 2. The van der Waals surface area contributed by atoms with Crippen molar-refractivity contribution in [3.63, 3.8) is 0 Å². The first-order chi connectivity index (χ1) is 5.77. The van der Waals surface area contributed by atoms with Crippen LogP contribution in [0.3, 0.4) is 0 Å². The number of nitrogens with one attached hydrogen (secondary N) is 1. The van der Waals surface area contributed by atoms with Crippen molar-refractivity contribution in [3.05, 3.63) is 0 Å². The molecule has 0 amide bonds. The van der Waals surface area contributed by atoms with Gasteiger partial charge in [0.1, 0.15) is 6.61 Å². The second-order valence-corrected chi connectivity index (χ2v) is 3.89. The van der Waals surface area contributed by atoms with Gasteiger partial charge in [0.2, 0.25) is 5.90 Å². The molecule has 12 heavy (non-hydrogen) atoms. The van der Waals surface area contributed by atoms with Crippen molar-refractivity contribution in [3.8, 4) is 0 Å². The van der Waals surface area contributed by atoms with Crippen LogP contribution in [-0.4, -0.2) is 31.1 Å². The van der Waals surface area contributed by atoms with Gasteiger partial charge in [-0.25, -0.2) is 4.99 Å². The molecule has 0 saturated carbocycles. The van der Waals surface area contributed by atoms with Crippen LogP contribution in [0.25, 0.3) is 0 Å². The van der Waals surface area contributed by atoms with E-state index in [-0.39, 0.29) is 0 Å². The first kappa shape index (κ1) is 8.05. The molecule has 1 saturated heterocycles. The van der Waals surface area contributed by atoms with Gasteiger partial charge < -0.3 is 10.1 Å². The molecular weight excluding hydrogens is 152 g/mol. The molecule has 0 spiro atoms. The van der Waals surface area contributed by atoms with E-state index >= 15 is 0 Å². The second-order valence-electron chi connectivity index (χ2n) is 3.89. The maximum absolute atomic E-state index is 5.52. The zero-order valence-corrected chi connectivity index (χ0v) is 7.71. The highest BCUT2D eigenvalue weighted by molar-refractivity contribution is 5.84. The standard InChI is InChI=1S/C9H16N2O/c1-6(2)8-5-12-9(11-8)7-3-4-10-7/h6-8,10H,3-5H2,1-2H3/t7-,8+/m0/s1. The van der Waals surface area contributed by atoms with Crippen LogP contribution in [0.2, 0.25) is 0 Å². The van der Waals surface area contributed by atoms with E-state index in [1.807, 2.05) is 0 Å². The number of hydrogen-bond acceptors (Lipinski definition) is 3. The quantitative estimate of drug-likeness (QED) is 0.661. The largest absolute Gasteiger partial charge is 0.478 e. The van der Waals surface area contributed by atoms with Crippen molar-refractivity contribution in [1.82, 2.24) is 5.32 Å². The molecule has 2 rings (SSSR count). The van der Waals surface area contributed by atoms with E-state index in [0.717, 1.165) is 19.0 Å². The highest BCUT2D eigenvalue weighted by Crippen LogP contribution is 2.17. The predicted octanol–water partition coefficient (Wildman–Crippen LogP) is 0.802. The second kappa shape index (κ2) is 3.05. The van der Waals surface area contributed by atoms with E-state index in [1.165, 1.54) is 6.42 Å². The topological polar surface area (TPSA) is 33.6 Å². The van der Waals surface area contributed by atoms with E-state index < -0.39 is 0 Å². The van der Waals surface area contributed by atoms with Crippen molar-refractivity contribution in [1.29, 1.82) is 0 Å². The molecule has 3 nitrogen and oxygen atoms in total. The Morgan fingerprint density at radius 1 is 1.58 bits per heavy atom. The van der Waals surface area contributed by atoms with Gasteiger partial charge in [-0.15, -0.1) is 0 Å². The van der Waals surface area contributed by atoms with Crippen LogP contribution in [0.5, 0.6) is 0 Å². The van der Waals surface area contributed by atoms with Crippen LogP contribution in [0.4, 0.5) is 0 Å². The summed E-state index contributed by atoms with van der Waals surface area (Å²) in [5.74, 6) is 1.54. The fourth-order valence-electron chi connectivity index (χ4n) is 1.44. The van der Waals surface area contributed by atoms with E-state index in [0.29, 0.717) is 18.0 Å². The molecule has 0 aliphatic carbocycles. The molecule has 0 unspecified atom stereocenters. The third-order valence-electron chi connectivity index (χ3n) is 2.59. The number of aliphatic imine (C=N–C) groups is 1. The molecule has 1 N–H and O–H groups in total. The van der Waals surface area contributed by atoms with E-state index in [1.54, 1.807) is 0 Å². The lowest BCUT2D eigenvalue weighted by Crippen LogP contribution is -2.48. The van der Waals surface area contributed by atoms with Gasteiger partial charge in [-0.2, -0.15) is 0 Å². The number of nitrogens with zero attached hydrogens (tertiary/aromatic N) is 1. The SMILES string of the molecule is CC(C)[C@H]1COC([C@@H]2CCN2)=N1. The zero-order chi connectivity index (χ0) is 8.55. The van der Waals surface area contributed by atoms with Gasteiger partial charge in [-0.05, 0) is 18.9 Å². The predicted molar refractivity (Wildman–Crippen MR) is 48.4 cm³/mol. The summed E-state index contributed by atoms with van der Waals surface area (Å²) in [4.78, 5) is 4.54. The van der Waals surface area contributed by atoms with Crippen LogP contribution in [0.15, 0.2) is 4.99 Å². The van der Waals surface area contributed by atoms with Crippen LogP contribution in [-0.2, 0) is 4.74 Å². The van der Waals surface area contributed by atoms with Gasteiger partial charge in [0, 0.05) is 0 Å². The fraction of sp³-hybridized carbons (Fsp3) is 0.889. The Labute approximate surface area is 73.2 Å². The van der Waals surface area contributed by atoms with Crippen LogP contribution >= 0.6 is 0 Å². The fourth-order valence-corrected chi connectivity index (χ4v) is 1.44. The lowest BCUT2D eigenvalue weighted by molar-refractivity contribution is 0.267.